The molecule has 0 radical (unpaired) electrons. The molecule has 0 spiro atoms. The Kier molecular flexibility index (Phi) is 6.09. The minimum absolute atomic E-state index is 0.649. The number of fused-ring (bicyclic) bond motifs is 1. The first kappa shape index (κ1) is 16.3. The lowest BCUT2D eigenvalue weighted by molar-refractivity contribution is 0.542. The lowest BCUT2D eigenvalue weighted by atomic mass is 10.1. The van der Waals surface area contributed by atoms with Gasteiger partial charge in [0.15, 0.2) is 0 Å². The van der Waals surface area contributed by atoms with E-state index in [-0.39, 0.29) is 0 Å². The van der Waals surface area contributed by atoms with Gasteiger partial charge in [0, 0.05) is 24.0 Å². The van der Waals surface area contributed by atoms with E-state index in [1.165, 1.54) is 34.2 Å². The van der Waals surface area contributed by atoms with Gasteiger partial charge in [0.25, 0.3) is 0 Å². The maximum atomic E-state index is 3.36. The molecule has 3 rings (SSSR count). The Bertz CT molecular complexity index is 582. The van der Waals surface area contributed by atoms with Crippen molar-refractivity contribution in [1.82, 2.24) is 9.62 Å². The Balaban J connectivity index is 0.000000774. The zero-order valence-corrected chi connectivity index (χ0v) is 14.3. The van der Waals surface area contributed by atoms with E-state index in [0.717, 1.165) is 6.54 Å². The summed E-state index contributed by atoms with van der Waals surface area (Å²) in [4.78, 5) is 1.34. The van der Waals surface area contributed by atoms with Gasteiger partial charge < -0.3 is 5.32 Å². The van der Waals surface area contributed by atoms with E-state index in [1.54, 1.807) is 0 Å². The fraction of sp³-hybridized carbons (Fsp3) is 0.444. The quantitative estimate of drug-likeness (QED) is 0.842. The minimum atomic E-state index is 0.649. The summed E-state index contributed by atoms with van der Waals surface area (Å²) in [5.74, 6) is 0. The molecule has 2 nitrogen and oxygen atoms in total. The molecular weight excluding hydrogens is 276 g/mol. The summed E-state index contributed by atoms with van der Waals surface area (Å²) in [6.07, 6.45) is 1.25. The van der Waals surface area contributed by atoms with Crippen molar-refractivity contribution < 1.29 is 0 Å². The zero-order chi connectivity index (χ0) is 15.2. The third-order valence-corrected chi connectivity index (χ3v) is 4.82. The molecule has 0 amide bonds. The van der Waals surface area contributed by atoms with E-state index >= 15 is 0 Å². The van der Waals surface area contributed by atoms with Crippen LogP contribution in [0.3, 0.4) is 0 Å². The molecule has 21 heavy (non-hydrogen) atoms. The number of rotatable bonds is 3. The van der Waals surface area contributed by atoms with Crippen LogP contribution in [-0.4, -0.2) is 30.5 Å². The molecule has 3 heteroatoms. The molecule has 1 aliphatic heterocycles. The Morgan fingerprint density at radius 1 is 1.10 bits per heavy atom. The molecule has 2 aromatic rings. The maximum Gasteiger partial charge on any atom is 0.0247 e. The van der Waals surface area contributed by atoms with Crippen molar-refractivity contribution in [3.05, 3.63) is 42.0 Å². The average Bonchev–Trinajstić information content (AvgIpc) is 2.97. The van der Waals surface area contributed by atoms with Gasteiger partial charge >= 0.3 is 0 Å². The molecule has 1 N–H and O–H groups in total. The predicted octanol–water partition coefficient (Wildman–Crippen LogP) is 4.48. The summed E-state index contributed by atoms with van der Waals surface area (Å²) in [6, 6.07) is 14.1. The molecule has 1 unspecified atom stereocenters. The van der Waals surface area contributed by atoms with Crippen molar-refractivity contribution in [2.45, 2.75) is 38.1 Å². The Labute approximate surface area is 133 Å². The SMILES string of the molecule is CC.CNC1CCN(Sc2ccc3cc(C)ccc3c2)C1. The van der Waals surface area contributed by atoms with Crippen LogP contribution in [0.15, 0.2) is 41.3 Å². The van der Waals surface area contributed by atoms with Gasteiger partial charge in [-0.15, -0.1) is 0 Å². The maximum absolute atomic E-state index is 3.36. The molecular formula is C18H26N2S. The third kappa shape index (κ3) is 4.22. The van der Waals surface area contributed by atoms with Crippen LogP contribution in [0.25, 0.3) is 10.8 Å². The van der Waals surface area contributed by atoms with Crippen molar-refractivity contribution in [1.29, 1.82) is 0 Å². The number of benzene rings is 2. The first-order valence-electron chi connectivity index (χ1n) is 7.85. The minimum Gasteiger partial charge on any atom is -0.316 e. The molecule has 1 aliphatic rings. The highest BCUT2D eigenvalue weighted by molar-refractivity contribution is 7.97. The van der Waals surface area contributed by atoms with Crippen molar-refractivity contribution in [3.8, 4) is 0 Å². The molecule has 0 bridgehead atoms. The normalized spacial score (nSPS) is 18.6. The first-order valence-corrected chi connectivity index (χ1v) is 8.62. The summed E-state index contributed by atoms with van der Waals surface area (Å²) in [6.45, 7) is 8.44. The second-order valence-corrected chi connectivity index (χ2v) is 6.44. The van der Waals surface area contributed by atoms with E-state index in [9.17, 15) is 0 Å². The largest absolute Gasteiger partial charge is 0.316 e. The summed E-state index contributed by atoms with van der Waals surface area (Å²) < 4.78 is 2.45. The topological polar surface area (TPSA) is 15.3 Å². The Morgan fingerprint density at radius 2 is 1.81 bits per heavy atom. The van der Waals surface area contributed by atoms with Crippen LogP contribution in [0.2, 0.25) is 0 Å². The average molecular weight is 302 g/mol. The second kappa shape index (κ2) is 7.83. The van der Waals surface area contributed by atoms with Gasteiger partial charge in [-0.2, -0.15) is 0 Å². The van der Waals surface area contributed by atoms with Gasteiger partial charge in [0.05, 0.1) is 0 Å². The van der Waals surface area contributed by atoms with Crippen molar-refractivity contribution in [2.24, 2.45) is 0 Å². The molecule has 1 fully saturated rings. The third-order valence-electron chi connectivity index (χ3n) is 3.76. The number of nitrogens with zero attached hydrogens (tertiary/aromatic N) is 1. The lowest BCUT2D eigenvalue weighted by Crippen LogP contribution is -2.27. The van der Waals surface area contributed by atoms with Crippen LogP contribution in [0.4, 0.5) is 0 Å². The van der Waals surface area contributed by atoms with Gasteiger partial charge in [-0.25, -0.2) is 4.31 Å². The molecule has 0 aromatic heterocycles. The molecule has 0 aliphatic carbocycles. The van der Waals surface area contributed by atoms with Gasteiger partial charge in [0.2, 0.25) is 0 Å². The molecule has 2 aromatic carbocycles. The number of nitrogens with one attached hydrogen (secondary N) is 1. The fourth-order valence-corrected chi connectivity index (χ4v) is 3.65. The number of likely N-dealkylation sites (N-methyl/N-ethyl adjacent to an activating group) is 1. The highest BCUT2D eigenvalue weighted by atomic mass is 32.2. The fourth-order valence-electron chi connectivity index (χ4n) is 2.60. The zero-order valence-electron chi connectivity index (χ0n) is 13.5. The van der Waals surface area contributed by atoms with Crippen LogP contribution >= 0.6 is 11.9 Å². The lowest BCUT2D eigenvalue weighted by Gasteiger charge is -2.15. The van der Waals surface area contributed by atoms with Crippen LogP contribution in [0.5, 0.6) is 0 Å². The molecule has 0 saturated carbocycles. The molecule has 1 atom stereocenters. The van der Waals surface area contributed by atoms with E-state index in [4.69, 9.17) is 0 Å². The van der Waals surface area contributed by atoms with Gasteiger partial charge in [-0.05, 0) is 55.2 Å². The molecule has 1 saturated heterocycles. The van der Waals surface area contributed by atoms with E-state index in [1.807, 2.05) is 25.8 Å². The highest BCUT2D eigenvalue weighted by Crippen LogP contribution is 2.29. The Hall–Kier alpha value is -1.03. The summed E-state index contributed by atoms with van der Waals surface area (Å²) in [7, 11) is 2.05. The number of aryl methyl sites for hydroxylation is 1. The summed E-state index contributed by atoms with van der Waals surface area (Å²) >= 11 is 1.88. The molecule has 1 heterocycles. The monoisotopic (exact) mass is 302 g/mol. The van der Waals surface area contributed by atoms with E-state index in [2.05, 4.69) is 60.0 Å². The van der Waals surface area contributed by atoms with Crippen molar-refractivity contribution in [3.63, 3.8) is 0 Å². The Morgan fingerprint density at radius 3 is 2.52 bits per heavy atom. The summed E-state index contributed by atoms with van der Waals surface area (Å²) in [5.41, 5.74) is 1.32. The van der Waals surface area contributed by atoms with Crippen LogP contribution in [-0.2, 0) is 0 Å². The number of hydrogen-bond acceptors (Lipinski definition) is 3. The van der Waals surface area contributed by atoms with Crippen molar-refractivity contribution >= 4 is 22.7 Å². The van der Waals surface area contributed by atoms with Gasteiger partial charge in [0.1, 0.15) is 0 Å². The summed E-state index contributed by atoms with van der Waals surface area (Å²) in [5, 5.41) is 6.03. The van der Waals surface area contributed by atoms with Gasteiger partial charge in [-0.3, -0.25) is 0 Å². The van der Waals surface area contributed by atoms with E-state index in [0.29, 0.717) is 6.04 Å². The van der Waals surface area contributed by atoms with Crippen molar-refractivity contribution in [2.75, 3.05) is 20.1 Å². The second-order valence-electron chi connectivity index (χ2n) is 5.27. The highest BCUT2D eigenvalue weighted by Gasteiger charge is 2.21. The first-order chi connectivity index (χ1) is 10.2. The van der Waals surface area contributed by atoms with Crippen LogP contribution < -0.4 is 5.32 Å². The molecule has 114 valence electrons. The standard InChI is InChI=1S/C16H20N2S.C2H6/c1-12-3-4-14-10-16(6-5-13(14)9-12)19-18-8-7-15(11-18)17-2;1-2/h3-6,9-10,15,17H,7-8,11H2,1-2H3;1-2H3. The van der Waals surface area contributed by atoms with E-state index < -0.39 is 0 Å². The number of hydrogen-bond donors (Lipinski definition) is 1. The van der Waals surface area contributed by atoms with Crippen LogP contribution in [0.1, 0.15) is 25.8 Å². The van der Waals surface area contributed by atoms with Crippen LogP contribution in [0, 0.1) is 6.92 Å². The predicted molar refractivity (Wildman–Crippen MR) is 94.9 cm³/mol. The smallest absolute Gasteiger partial charge is 0.0247 e. The van der Waals surface area contributed by atoms with Gasteiger partial charge in [-0.1, -0.05) is 43.7 Å².